The van der Waals surface area contributed by atoms with Gasteiger partial charge in [-0.2, -0.15) is 0 Å². The van der Waals surface area contributed by atoms with Crippen molar-refractivity contribution >= 4 is 34.2 Å². The first-order valence-corrected chi connectivity index (χ1v) is 16.2. The Balaban J connectivity index is 0.00000281. The maximum absolute atomic E-state index is 14.3. The van der Waals surface area contributed by atoms with Gasteiger partial charge in [-0.05, 0) is 74.8 Å². The maximum Gasteiger partial charge on any atom is 0.327 e. The number of nitrogens with one attached hydrogen (secondary N) is 2. The molecule has 13 heteroatoms. The molecule has 3 aromatic carbocycles. The average Bonchev–Trinajstić information content (AvgIpc) is 3.13. The molecule has 48 heavy (non-hydrogen) atoms. The highest BCUT2D eigenvalue weighted by molar-refractivity contribution is 6.03. The monoisotopic (exact) mass is 661 g/mol. The number of carbonyl (C=O) groups is 2. The van der Waals surface area contributed by atoms with Crippen molar-refractivity contribution in [2.24, 2.45) is 0 Å². The van der Waals surface area contributed by atoms with Gasteiger partial charge in [-0.25, -0.2) is 18.8 Å². The van der Waals surface area contributed by atoms with E-state index in [0.717, 1.165) is 25.8 Å². The van der Waals surface area contributed by atoms with Crippen LogP contribution >= 0.6 is 0 Å². The Bertz CT molecular complexity index is 1850. The molecular weight excluding hydrogens is 617 g/mol. The minimum Gasteiger partial charge on any atom is -0.497 e. The second-order valence-electron chi connectivity index (χ2n) is 11.9. The summed E-state index contributed by atoms with van der Waals surface area (Å²) >= 11 is 0. The fraction of sp³-hybridized carbons (Fsp3) is 0.371. The average molecular weight is 662 g/mol. The van der Waals surface area contributed by atoms with E-state index in [1.807, 2.05) is 16.0 Å². The van der Waals surface area contributed by atoms with E-state index in [4.69, 9.17) is 14.5 Å². The topological polar surface area (TPSA) is 121 Å². The quantitative estimate of drug-likeness (QED) is 0.277. The Hall–Kier alpha value is -5.17. The number of urea groups is 1. The molecule has 0 aliphatic carbocycles. The lowest BCUT2D eigenvalue weighted by Crippen LogP contribution is -2.59. The van der Waals surface area contributed by atoms with E-state index >= 15 is 0 Å². The molecule has 3 amide bonds. The van der Waals surface area contributed by atoms with Gasteiger partial charge in [-0.3, -0.25) is 14.5 Å². The van der Waals surface area contributed by atoms with Crippen molar-refractivity contribution in [3.63, 3.8) is 0 Å². The van der Waals surface area contributed by atoms with Crippen molar-refractivity contribution in [1.82, 2.24) is 19.9 Å². The number of halogens is 1. The Labute approximate surface area is 281 Å². The zero-order valence-corrected chi connectivity index (χ0v) is 27.3. The van der Waals surface area contributed by atoms with Crippen LogP contribution in [0.15, 0.2) is 71.5 Å². The number of methoxy groups -OCH3 is 2. The number of nitrogens with zero attached hydrogens (tertiary/aromatic N) is 5. The summed E-state index contributed by atoms with van der Waals surface area (Å²) < 4.78 is 26.3. The minimum absolute atomic E-state index is 0. The molecule has 2 unspecified atom stereocenters. The molecule has 3 heterocycles. The number of ether oxygens (including phenoxy) is 2. The summed E-state index contributed by atoms with van der Waals surface area (Å²) in [5.41, 5.74) is 0.980. The summed E-state index contributed by atoms with van der Waals surface area (Å²) in [7, 11) is 3.03. The van der Waals surface area contributed by atoms with Gasteiger partial charge in [0, 0.05) is 27.7 Å². The van der Waals surface area contributed by atoms with E-state index in [0.29, 0.717) is 65.8 Å². The Morgan fingerprint density at radius 2 is 1.77 bits per heavy atom. The van der Waals surface area contributed by atoms with Crippen LogP contribution in [-0.2, 0) is 4.79 Å². The van der Waals surface area contributed by atoms with Crippen LogP contribution in [-0.4, -0.2) is 79.5 Å². The summed E-state index contributed by atoms with van der Waals surface area (Å²) in [5, 5.41) is 8.52. The first-order chi connectivity index (χ1) is 23.3. The molecule has 0 bridgehead atoms. The Morgan fingerprint density at radius 3 is 2.46 bits per heavy atom. The van der Waals surface area contributed by atoms with E-state index in [9.17, 15) is 18.8 Å². The molecule has 0 radical (unpaired) electrons. The molecule has 256 valence electrons. The van der Waals surface area contributed by atoms with Crippen molar-refractivity contribution in [3.8, 4) is 11.5 Å². The lowest BCUT2D eigenvalue weighted by molar-refractivity contribution is -0.134. The fourth-order valence-corrected chi connectivity index (χ4v) is 6.39. The number of benzene rings is 3. The summed E-state index contributed by atoms with van der Waals surface area (Å²) in [6.07, 6.45) is 2.91. The van der Waals surface area contributed by atoms with Crippen molar-refractivity contribution in [2.75, 3.05) is 62.2 Å². The van der Waals surface area contributed by atoms with Crippen LogP contribution in [0.5, 0.6) is 11.5 Å². The van der Waals surface area contributed by atoms with Crippen LogP contribution in [0.3, 0.4) is 0 Å². The number of anilines is 2. The number of piperidine rings is 1. The molecule has 1 aromatic heterocycles. The third-order valence-electron chi connectivity index (χ3n) is 8.96. The fourth-order valence-electron chi connectivity index (χ4n) is 6.39. The molecule has 12 nitrogen and oxygen atoms in total. The van der Waals surface area contributed by atoms with Gasteiger partial charge < -0.3 is 30.0 Å². The number of carbonyl (C=O) groups excluding carboxylic acids is 2. The minimum atomic E-state index is -0.823. The lowest BCUT2D eigenvalue weighted by Gasteiger charge is -2.40. The first kappa shape index (κ1) is 32.8. The number of aromatic nitrogens is 2. The molecule has 4 aromatic rings. The predicted molar refractivity (Wildman–Crippen MR) is 186 cm³/mol. The van der Waals surface area contributed by atoms with E-state index in [1.165, 1.54) is 43.4 Å². The number of para-hydroxylation sites is 1. The van der Waals surface area contributed by atoms with Crippen molar-refractivity contribution in [2.45, 2.75) is 38.3 Å². The highest BCUT2D eigenvalue weighted by Gasteiger charge is 2.34. The molecule has 0 spiro atoms. The van der Waals surface area contributed by atoms with Gasteiger partial charge in [0.2, 0.25) is 5.91 Å². The van der Waals surface area contributed by atoms with Crippen LogP contribution in [0.1, 0.15) is 40.9 Å². The summed E-state index contributed by atoms with van der Waals surface area (Å²) in [4.78, 5) is 50.0. The van der Waals surface area contributed by atoms with Crippen LogP contribution in [0.25, 0.3) is 10.9 Å². The number of amides is 3. The number of hydrogen-bond acceptors (Lipinski definition) is 8. The van der Waals surface area contributed by atoms with Crippen molar-refractivity contribution in [3.05, 3.63) is 88.7 Å². The lowest BCUT2D eigenvalue weighted by atomic mass is 10.0. The van der Waals surface area contributed by atoms with Gasteiger partial charge >= 0.3 is 6.03 Å². The SMILES string of the molecule is COc1ccc(N(C(=O)Nc2ccc(F)cc2)C(C)c2nc3ccccc3c(=O)n2N2CCN(C(=O)C3CCCCN3)CC2)c(OC)c1.[HH].[HH]. The van der Waals surface area contributed by atoms with Gasteiger partial charge in [0.1, 0.15) is 17.3 Å². The van der Waals surface area contributed by atoms with Crippen LogP contribution < -0.4 is 35.6 Å². The Morgan fingerprint density at radius 1 is 1.02 bits per heavy atom. The summed E-state index contributed by atoms with van der Waals surface area (Å²) in [6, 6.07) is 16.1. The van der Waals surface area contributed by atoms with Crippen LogP contribution in [0, 0.1) is 5.82 Å². The Kier molecular flexibility index (Phi) is 9.76. The van der Waals surface area contributed by atoms with Gasteiger partial charge in [0.05, 0.1) is 56.0 Å². The zero-order chi connectivity index (χ0) is 33.8. The molecule has 2 fully saturated rings. The molecule has 0 saturated carbocycles. The molecule has 2 saturated heterocycles. The smallest absolute Gasteiger partial charge is 0.327 e. The van der Waals surface area contributed by atoms with Crippen molar-refractivity contribution < 1.29 is 26.3 Å². The van der Waals surface area contributed by atoms with Crippen LogP contribution in [0.2, 0.25) is 0 Å². The second kappa shape index (κ2) is 14.3. The van der Waals surface area contributed by atoms with Gasteiger partial charge in [-0.15, -0.1) is 0 Å². The molecule has 6 rings (SSSR count). The number of hydrogen-bond donors (Lipinski definition) is 2. The number of rotatable bonds is 8. The second-order valence-corrected chi connectivity index (χ2v) is 11.9. The highest BCUT2D eigenvalue weighted by atomic mass is 19.1. The summed E-state index contributed by atoms with van der Waals surface area (Å²) in [5.74, 6) is 0.852. The van der Waals surface area contributed by atoms with Gasteiger partial charge in [0.15, 0.2) is 5.82 Å². The molecule has 2 atom stereocenters. The molecule has 2 aliphatic heterocycles. The molecular formula is C35H44FN7O5. The first-order valence-electron chi connectivity index (χ1n) is 16.2. The maximum atomic E-state index is 14.3. The third kappa shape index (κ3) is 6.63. The standard InChI is InChI=1S/C35H40FN7O5.2H2/c1-23(42(30-16-15-26(47-2)22-31(30)48-3)35(46)38-25-13-11-24(36)12-14-25)32-39-28-9-5-4-8-27(28)33(44)43(32)41-20-18-40(19-21-41)34(45)29-10-6-7-17-37-29;;/h4-5,8-9,11-16,22-23,29,37H,6-7,10,17-21H2,1-3H3,(H,38,46);2*1H. The van der Waals surface area contributed by atoms with Crippen molar-refractivity contribution in [1.29, 1.82) is 0 Å². The van der Waals surface area contributed by atoms with E-state index in [2.05, 4.69) is 10.6 Å². The van der Waals surface area contributed by atoms with Gasteiger partial charge in [-0.1, -0.05) is 18.6 Å². The summed E-state index contributed by atoms with van der Waals surface area (Å²) in [6.45, 7) is 4.28. The van der Waals surface area contributed by atoms with E-state index in [-0.39, 0.29) is 20.4 Å². The van der Waals surface area contributed by atoms with E-state index in [1.54, 1.807) is 48.0 Å². The molecule has 2 aliphatic rings. The third-order valence-corrected chi connectivity index (χ3v) is 8.96. The van der Waals surface area contributed by atoms with Crippen LogP contribution in [0.4, 0.5) is 20.6 Å². The van der Waals surface area contributed by atoms with Gasteiger partial charge in [0.25, 0.3) is 5.56 Å². The zero-order valence-electron chi connectivity index (χ0n) is 27.3. The largest absolute Gasteiger partial charge is 0.497 e. The normalized spacial score (nSPS) is 17.1. The predicted octanol–water partition coefficient (Wildman–Crippen LogP) is 4.77. The number of piperazine rings is 1. The highest BCUT2D eigenvalue weighted by Crippen LogP contribution is 2.37. The molecule has 2 N–H and O–H groups in total. The van der Waals surface area contributed by atoms with E-state index < -0.39 is 17.9 Å². The number of fused-ring (bicyclic) bond motifs is 1.